The zero-order chi connectivity index (χ0) is 18.6. The van der Waals surface area contributed by atoms with Crippen LogP contribution >= 0.6 is 11.6 Å². The van der Waals surface area contributed by atoms with E-state index >= 15 is 0 Å². The smallest absolute Gasteiger partial charge is 0.228 e. The maximum absolute atomic E-state index is 12.8. The average molecular weight is 393 g/mol. The van der Waals surface area contributed by atoms with Crippen molar-refractivity contribution in [1.82, 2.24) is 4.31 Å². The summed E-state index contributed by atoms with van der Waals surface area (Å²) in [5.74, 6) is -0.654. The van der Waals surface area contributed by atoms with Gasteiger partial charge in [-0.25, -0.2) is 12.7 Å². The van der Waals surface area contributed by atoms with E-state index in [-0.39, 0.29) is 24.1 Å². The number of benzene rings is 2. The fourth-order valence-electron chi connectivity index (χ4n) is 3.08. The van der Waals surface area contributed by atoms with Gasteiger partial charge in [0.25, 0.3) is 0 Å². The summed E-state index contributed by atoms with van der Waals surface area (Å²) in [4.78, 5) is 12.5. The van der Waals surface area contributed by atoms with Gasteiger partial charge in [-0.2, -0.15) is 0 Å². The lowest BCUT2D eigenvalue weighted by Gasteiger charge is -2.31. The first-order valence-electron chi connectivity index (χ1n) is 8.53. The van der Waals surface area contributed by atoms with Crippen LogP contribution in [0.3, 0.4) is 0 Å². The fourth-order valence-corrected chi connectivity index (χ4v) is 5.00. The number of piperidine rings is 1. The van der Waals surface area contributed by atoms with Gasteiger partial charge in [0.15, 0.2) is 0 Å². The number of sulfonamides is 1. The topological polar surface area (TPSA) is 66.5 Å². The number of nitrogens with one attached hydrogen (secondary N) is 1. The quantitative estimate of drug-likeness (QED) is 0.846. The van der Waals surface area contributed by atoms with Gasteiger partial charge in [-0.1, -0.05) is 48.0 Å². The second-order valence-electron chi connectivity index (χ2n) is 6.40. The van der Waals surface area contributed by atoms with E-state index in [1.807, 2.05) is 30.3 Å². The summed E-state index contributed by atoms with van der Waals surface area (Å²) < 4.78 is 27.0. The van der Waals surface area contributed by atoms with E-state index in [2.05, 4.69) is 5.32 Å². The van der Waals surface area contributed by atoms with Crippen molar-refractivity contribution in [3.05, 3.63) is 65.2 Å². The van der Waals surface area contributed by atoms with Crippen LogP contribution in [0.4, 0.5) is 5.69 Å². The van der Waals surface area contributed by atoms with Crippen LogP contribution < -0.4 is 5.32 Å². The molecule has 0 aromatic heterocycles. The summed E-state index contributed by atoms with van der Waals surface area (Å²) in [7, 11) is -3.53. The van der Waals surface area contributed by atoms with E-state index < -0.39 is 10.0 Å². The Balaban J connectivity index is 1.67. The van der Waals surface area contributed by atoms with E-state index in [9.17, 15) is 13.2 Å². The van der Waals surface area contributed by atoms with Gasteiger partial charge in [0, 0.05) is 23.8 Å². The largest absolute Gasteiger partial charge is 0.326 e. The van der Waals surface area contributed by atoms with Gasteiger partial charge in [-0.15, -0.1) is 0 Å². The standard InChI is InChI=1S/C19H21ClN2O3S/c20-18-11-5-4-7-16(18)14-26(24,25)22-12-6-8-15(13-22)19(23)21-17-9-2-1-3-10-17/h1-5,7,9-11,15H,6,8,12-14H2,(H,21,23)/t15-/m0/s1. The Morgan fingerprint density at radius 1 is 1.12 bits per heavy atom. The van der Waals surface area contributed by atoms with Crippen LogP contribution in [0.1, 0.15) is 18.4 Å². The number of anilines is 1. The van der Waals surface area contributed by atoms with Crippen molar-refractivity contribution >= 4 is 33.2 Å². The summed E-state index contributed by atoms with van der Waals surface area (Å²) in [5.41, 5.74) is 1.29. The highest BCUT2D eigenvalue weighted by atomic mass is 35.5. The van der Waals surface area contributed by atoms with Crippen LogP contribution in [-0.2, 0) is 20.6 Å². The van der Waals surface area contributed by atoms with E-state index in [0.29, 0.717) is 35.7 Å². The van der Waals surface area contributed by atoms with E-state index in [1.165, 1.54) is 4.31 Å². The van der Waals surface area contributed by atoms with Crippen LogP contribution in [-0.4, -0.2) is 31.7 Å². The molecule has 138 valence electrons. The molecule has 5 nitrogen and oxygen atoms in total. The number of rotatable bonds is 5. The molecule has 1 saturated heterocycles. The molecule has 1 N–H and O–H groups in total. The molecule has 1 aliphatic rings. The second-order valence-corrected chi connectivity index (χ2v) is 8.78. The first-order chi connectivity index (χ1) is 12.5. The van der Waals surface area contributed by atoms with Crippen molar-refractivity contribution in [2.45, 2.75) is 18.6 Å². The molecular weight excluding hydrogens is 372 g/mol. The molecule has 2 aromatic rings. The summed E-state index contributed by atoms with van der Waals surface area (Å²) in [6.45, 7) is 0.632. The Kier molecular flexibility index (Phi) is 5.96. The van der Waals surface area contributed by atoms with Crippen LogP contribution in [0.25, 0.3) is 0 Å². The van der Waals surface area contributed by atoms with Crippen LogP contribution in [0.15, 0.2) is 54.6 Å². The van der Waals surface area contributed by atoms with Gasteiger partial charge in [-0.05, 0) is 36.6 Å². The Hall–Kier alpha value is -1.89. The summed E-state index contributed by atoms with van der Waals surface area (Å²) in [5, 5.41) is 3.30. The molecule has 0 aliphatic carbocycles. The SMILES string of the molecule is O=C(Nc1ccccc1)[C@H]1CCCN(S(=O)(=O)Cc2ccccc2Cl)C1. The third kappa shape index (κ3) is 4.63. The van der Waals surface area contributed by atoms with Crippen LogP contribution in [0.2, 0.25) is 5.02 Å². The number of nitrogens with zero attached hydrogens (tertiary/aromatic N) is 1. The predicted octanol–water partition coefficient (Wildman–Crippen LogP) is 3.52. The summed E-state index contributed by atoms with van der Waals surface area (Å²) in [6, 6.07) is 16.1. The maximum atomic E-state index is 12.8. The number of carbonyl (C=O) groups is 1. The maximum Gasteiger partial charge on any atom is 0.228 e. The molecule has 0 bridgehead atoms. The Labute approximate surface area is 159 Å². The van der Waals surface area contributed by atoms with Gasteiger partial charge in [0.05, 0.1) is 11.7 Å². The highest BCUT2D eigenvalue weighted by Crippen LogP contribution is 2.25. The highest BCUT2D eigenvalue weighted by molar-refractivity contribution is 7.88. The number of para-hydroxylation sites is 1. The minimum absolute atomic E-state index is 0.145. The molecule has 0 unspecified atom stereocenters. The molecule has 26 heavy (non-hydrogen) atoms. The third-order valence-corrected chi connectivity index (χ3v) is 6.65. The molecule has 2 aromatic carbocycles. The van der Waals surface area contributed by atoms with Gasteiger partial charge < -0.3 is 5.32 Å². The van der Waals surface area contributed by atoms with Crippen molar-refractivity contribution < 1.29 is 13.2 Å². The average Bonchev–Trinajstić information content (AvgIpc) is 2.64. The van der Waals surface area contributed by atoms with Gasteiger partial charge in [0.2, 0.25) is 15.9 Å². The highest BCUT2D eigenvalue weighted by Gasteiger charge is 2.32. The lowest BCUT2D eigenvalue weighted by Crippen LogP contribution is -2.44. The van der Waals surface area contributed by atoms with E-state index in [4.69, 9.17) is 11.6 Å². The number of hydrogen-bond acceptors (Lipinski definition) is 3. The molecule has 1 atom stereocenters. The van der Waals surface area contributed by atoms with Crippen molar-refractivity contribution in [2.75, 3.05) is 18.4 Å². The zero-order valence-electron chi connectivity index (χ0n) is 14.3. The number of carbonyl (C=O) groups excluding carboxylic acids is 1. The number of amides is 1. The van der Waals surface area contributed by atoms with E-state index in [0.717, 1.165) is 0 Å². The molecular formula is C19H21ClN2O3S. The minimum Gasteiger partial charge on any atom is -0.326 e. The molecule has 0 spiro atoms. The first-order valence-corrected chi connectivity index (χ1v) is 10.5. The monoisotopic (exact) mass is 392 g/mol. The Morgan fingerprint density at radius 3 is 2.54 bits per heavy atom. The lowest BCUT2D eigenvalue weighted by molar-refractivity contribution is -0.120. The third-order valence-electron chi connectivity index (χ3n) is 4.49. The van der Waals surface area contributed by atoms with Gasteiger partial charge in [-0.3, -0.25) is 4.79 Å². The van der Waals surface area contributed by atoms with Gasteiger partial charge >= 0.3 is 0 Å². The molecule has 1 aliphatic heterocycles. The molecule has 3 rings (SSSR count). The molecule has 1 heterocycles. The minimum atomic E-state index is -3.53. The van der Waals surface area contributed by atoms with E-state index in [1.54, 1.807) is 24.3 Å². The predicted molar refractivity (Wildman–Crippen MR) is 103 cm³/mol. The molecule has 7 heteroatoms. The molecule has 0 radical (unpaired) electrons. The number of halogens is 1. The van der Waals surface area contributed by atoms with Gasteiger partial charge in [0.1, 0.15) is 0 Å². The first kappa shape index (κ1) is 18.9. The van der Waals surface area contributed by atoms with Crippen molar-refractivity contribution in [2.24, 2.45) is 5.92 Å². The lowest BCUT2D eigenvalue weighted by atomic mass is 9.99. The second kappa shape index (κ2) is 8.20. The molecule has 1 amide bonds. The van der Waals surface area contributed by atoms with Crippen molar-refractivity contribution in [1.29, 1.82) is 0 Å². The number of hydrogen-bond donors (Lipinski definition) is 1. The van der Waals surface area contributed by atoms with Crippen molar-refractivity contribution in [3.63, 3.8) is 0 Å². The summed E-state index contributed by atoms with van der Waals surface area (Å²) >= 11 is 6.09. The summed E-state index contributed by atoms with van der Waals surface area (Å²) in [6.07, 6.45) is 1.34. The fraction of sp³-hybridized carbons (Fsp3) is 0.316. The van der Waals surface area contributed by atoms with Crippen LogP contribution in [0.5, 0.6) is 0 Å². The molecule has 0 saturated carbocycles. The normalized spacial score (nSPS) is 18.4. The Morgan fingerprint density at radius 2 is 1.81 bits per heavy atom. The Bertz CT molecular complexity index is 871. The van der Waals surface area contributed by atoms with Crippen molar-refractivity contribution in [3.8, 4) is 0 Å². The van der Waals surface area contributed by atoms with Crippen LogP contribution in [0, 0.1) is 5.92 Å². The zero-order valence-corrected chi connectivity index (χ0v) is 15.8. The molecule has 1 fully saturated rings.